The van der Waals surface area contributed by atoms with Gasteiger partial charge in [-0.25, -0.2) is 9.78 Å². The van der Waals surface area contributed by atoms with Crippen LogP contribution in [0.15, 0.2) is 16.9 Å². The summed E-state index contributed by atoms with van der Waals surface area (Å²) in [5, 5.41) is 11.8. The summed E-state index contributed by atoms with van der Waals surface area (Å²) in [4.78, 5) is 22.0. The number of aromatic carboxylic acids is 1. The SMILES string of the molecule is Cc1cnc(-c2nc(C(=O)O)no2)cn1. The molecule has 0 spiro atoms. The maximum absolute atomic E-state index is 10.5. The van der Waals surface area contributed by atoms with E-state index < -0.39 is 11.8 Å². The Balaban J connectivity index is 2.37. The Hall–Kier alpha value is -2.31. The molecule has 0 atom stereocenters. The Kier molecular flexibility index (Phi) is 2.13. The van der Waals surface area contributed by atoms with Crippen LogP contribution in [0.25, 0.3) is 11.6 Å². The third-order valence-electron chi connectivity index (χ3n) is 1.62. The second-order valence-electron chi connectivity index (χ2n) is 2.77. The van der Waals surface area contributed by atoms with Gasteiger partial charge in [0.15, 0.2) is 0 Å². The van der Waals surface area contributed by atoms with Gasteiger partial charge in [-0.1, -0.05) is 0 Å². The van der Waals surface area contributed by atoms with Gasteiger partial charge >= 0.3 is 5.97 Å². The second kappa shape index (κ2) is 3.45. The molecule has 0 unspecified atom stereocenters. The Morgan fingerprint density at radius 1 is 1.40 bits per heavy atom. The summed E-state index contributed by atoms with van der Waals surface area (Å²) >= 11 is 0. The Morgan fingerprint density at radius 3 is 2.73 bits per heavy atom. The van der Waals surface area contributed by atoms with Gasteiger partial charge in [0.1, 0.15) is 5.69 Å². The first kappa shape index (κ1) is 9.25. The lowest BCUT2D eigenvalue weighted by Gasteiger charge is -1.92. The Labute approximate surface area is 83.8 Å². The largest absolute Gasteiger partial charge is 0.475 e. The zero-order chi connectivity index (χ0) is 10.8. The minimum Gasteiger partial charge on any atom is -0.475 e. The van der Waals surface area contributed by atoms with Crippen molar-refractivity contribution in [2.75, 3.05) is 0 Å². The van der Waals surface area contributed by atoms with E-state index >= 15 is 0 Å². The fourth-order valence-corrected chi connectivity index (χ4v) is 0.917. The van der Waals surface area contributed by atoms with E-state index in [0.29, 0.717) is 5.69 Å². The highest BCUT2D eigenvalue weighted by atomic mass is 16.5. The molecule has 2 aromatic rings. The van der Waals surface area contributed by atoms with E-state index in [4.69, 9.17) is 9.63 Å². The van der Waals surface area contributed by atoms with Crippen LogP contribution in [-0.2, 0) is 0 Å². The molecule has 76 valence electrons. The molecule has 0 aliphatic heterocycles. The number of carboxylic acid groups (broad SMARTS) is 1. The molecule has 0 fully saturated rings. The molecule has 0 aromatic carbocycles. The third-order valence-corrected chi connectivity index (χ3v) is 1.62. The first-order chi connectivity index (χ1) is 7.16. The lowest BCUT2D eigenvalue weighted by Crippen LogP contribution is -1.98. The maximum Gasteiger partial charge on any atom is 0.377 e. The monoisotopic (exact) mass is 206 g/mol. The minimum atomic E-state index is -1.25. The van der Waals surface area contributed by atoms with E-state index in [1.165, 1.54) is 12.4 Å². The summed E-state index contributed by atoms with van der Waals surface area (Å²) in [5.41, 5.74) is 1.09. The van der Waals surface area contributed by atoms with Crippen LogP contribution in [-0.4, -0.2) is 31.2 Å². The fourth-order valence-electron chi connectivity index (χ4n) is 0.917. The van der Waals surface area contributed by atoms with Crippen molar-refractivity contribution in [1.82, 2.24) is 20.1 Å². The Bertz CT molecular complexity index is 491. The third kappa shape index (κ3) is 1.80. The summed E-state index contributed by atoms with van der Waals surface area (Å²) < 4.78 is 4.71. The van der Waals surface area contributed by atoms with Crippen LogP contribution in [0.5, 0.6) is 0 Å². The molecule has 7 nitrogen and oxygen atoms in total. The summed E-state index contributed by atoms with van der Waals surface area (Å²) in [5.74, 6) is -1.60. The number of carboxylic acids is 1. The molecule has 0 aliphatic rings. The second-order valence-corrected chi connectivity index (χ2v) is 2.77. The molecule has 15 heavy (non-hydrogen) atoms. The van der Waals surface area contributed by atoms with Crippen molar-refractivity contribution in [3.05, 3.63) is 23.9 Å². The van der Waals surface area contributed by atoms with Gasteiger partial charge < -0.3 is 9.63 Å². The van der Waals surface area contributed by atoms with Gasteiger partial charge in [-0.3, -0.25) is 4.98 Å². The van der Waals surface area contributed by atoms with Crippen molar-refractivity contribution in [1.29, 1.82) is 0 Å². The average molecular weight is 206 g/mol. The predicted molar refractivity (Wildman–Crippen MR) is 47.0 cm³/mol. The van der Waals surface area contributed by atoms with Gasteiger partial charge in [0.05, 0.1) is 11.9 Å². The Morgan fingerprint density at radius 2 is 2.20 bits per heavy atom. The molecule has 0 saturated carbocycles. The van der Waals surface area contributed by atoms with E-state index in [2.05, 4.69) is 20.1 Å². The van der Waals surface area contributed by atoms with Crippen LogP contribution < -0.4 is 0 Å². The average Bonchev–Trinajstić information content (AvgIpc) is 2.68. The van der Waals surface area contributed by atoms with Crippen molar-refractivity contribution < 1.29 is 14.4 Å². The van der Waals surface area contributed by atoms with Gasteiger partial charge in [-0.2, -0.15) is 4.98 Å². The number of carbonyl (C=O) groups is 1. The van der Waals surface area contributed by atoms with Gasteiger partial charge in [0.25, 0.3) is 11.7 Å². The van der Waals surface area contributed by atoms with Crippen LogP contribution in [0.2, 0.25) is 0 Å². The van der Waals surface area contributed by atoms with E-state index in [9.17, 15) is 4.79 Å². The fraction of sp³-hybridized carbons (Fsp3) is 0.125. The lowest BCUT2D eigenvalue weighted by atomic mass is 10.4. The smallest absolute Gasteiger partial charge is 0.377 e. The van der Waals surface area contributed by atoms with E-state index in [1.54, 1.807) is 6.92 Å². The minimum absolute atomic E-state index is 0.0416. The summed E-state index contributed by atoms with van der Waals surface area (Å²) in [6, 6.07) is 0. The molecular weight excluding hydrogens is 200 g/mol. The molecule has 1 N–H and O–H groups in total. The van der Waals surface area contributed by atoms with E-state index in [0.717, 1.165) is 5.69 Å². The molecule has 0 saturated heterocycles. The topological polar surface area (TPSA) is 102 Å². The number of aryl methyl sites for hydroxylation is 1. The molecule has 0 radical (unpaired) electrons. The summed E-state index contributed by atoms with van der Waals surface area (Å²) in [7, 11) is 0. The molecule has 2 heterocycles. The zero-order valence-electron chi connectivity index (χ0n) is 7.71. The van der Waals surface area contributed by atoms with E-state index in [1.807, 2.05) is 0 Å². The molecule has 0 aliphatic carbocycles. The van der Waals surface area contributed by atoms with Gasteiger partial charge in [0.2, 0.25) is 0 Å². The van der Waals surface area contributed by atoms with Gasteiger partial charge in [0, 0.05) is 6.20 Å². The van der Waals surface area contributed by atoms with Crippen LogP contribution in [0, 0.1) is 6.92 Å². The molecule has 7 heteroatoms. The van der Waals surface area contributed by atoms with Crippen LogP contribution >= 0.6 is 0 Å². The maximum atomic E-state index is 10.5. The van der Waals surface area contributed by atoms with Crippen molar-refractivity contribution in [2.45, 2.75) is 6.92 Å². The number of aromatic nitrogens is 4. The standard InChI is InChI=1S/C8H6N4O3/c1-4-2-10-5(3-9-4)7-11-6(8(13)14)12-15-7/h2-3H,1H3,(H,13,14). The van der Waals surface area contributed by atoms with Crippen molar-refractivity contribution in [3.63, 3.8) is 0 Å². The zero-order valence-corrected chi connectivity index (χ0v) is 7.71. The summed E-state index contributed by atoms with van der Waals surface area (Å²) in [6.07, 6.45) is 2.97. The van der Waals surface area contributed by atoms with Gasteiger partial charge in [-0.05, 0) is 12.1 Å². The molecule has 0 bridgehead atoms. The predicted octanol–water partition coefficient (Wildman–Crippen LogP) is 0.533. The number of hydrogen-bond donors (Lipinski definition) is 1. The van der Waals surface area contributed by atoms with Crippen LogP contribution in [0.4, 0.5) is 0 Å². The number of nitrogens with zero attached hydrogens (tertiary/aromatic N) is 4. The molecule has 0 amide bonds. The first-order valence-electron chi connectivity index (χ1n) is 4.03. The lowest BCUT2D eigenvalue weighted by molar-refractivity contribution is 0.0680. The summed E-state index contributed by atoms with van der Waals surface area (Å²) in [6.45, 7) is 1.78. The molecule has 2 aromatic heterocycles. The number of rotatable bonds is 2. The quantitative estimate of drug-likeness (QED) is 0.764. The number of hydrogen-bond acceptors (Lipinski definition) is 6. The highest BCUT2D eigenvalue weighted by Gasteiger charge is 2.14. The molecular formula is C8H6N4O3. The van der Waals surface area contributed by atoms with E-state index in [-0.39, 0.29) is 5.89 Å². The molecule has 2 rings (SSSR count). The van der Waals surface area contributed by atoms with Crippen molar-refractivity contribution in [2.24, 2.45) is 0 Å². The normalized spacial score (nSPS) is 10.2. The van der Waals surface area contributed by atoms with Gasteiger partial charge in [-0.15, -0.1) is 0 Å². The highest BCUT2D eigenvalue weighted by molar-refractivity contribution is 5.83. The van der Waals surface area contributed by atoms with Crippen molar-refractivity contribution >= 4 is 5.97 Å². The highest BCUT2D eigenvalue weighted by Crippen LogP contribution is 2.12. The van der Waals surface area contributed by atoms with Crippen molar-refractivity contribution in [3.8, 4) is 11.6 Å². The van der Waals surface area contributed by atoms with Crippen LogP contribution in [0.1, 0.15) is 16.3 Å². The van der Waals surface area contributed by atoms with Crippen LogP contribution in [0.3, 0.4) is 0 Å². The first-order valence-corrected chi connectivity index (χ1v) is 4.03.